The molecule has 1 unspecified atom stereocenters. The second kappa shape index (κ2) is 7.09. The number of carbonyl (C=O) groups is 1. The number of primary amides is 1. The number of hydrogen-bond acceptors (Lipinski definition) is 3. The molecule has 1 aliphatic rings. The Hall–Kier alpha value is -1.07. The van der Waals surface area contributed by atoms with Crippen molar-refractivity contribution in [3.8, 4) is 0 Å². The zero-order valence-corrected chi connectivity index (χ0v) is 13.4. The van der Waals surface area contributed by atoms with E-state index in [0.29, 0.717) is 11.6 Å². The zero-order valence-electron chi connectivity index (χ0n) is 11.9. The van der Waals surface area contributed by atoms with Gasteiger partial charge in [-0.3, -0.25) is 4.79 Å². The fraction of sp³-hybridized carbons (Fsp3) is 0.533. The van der Waals surface area contributed by atoms with E-state index in [1.807, 2.05) is 18.2 Å². The Morgan fingerprint density at radius 2 is 2.35 bits per heavy atom. The van der Waals surface area contributed by atoms with Gasteiger partial charge in [0.2, 0.25) is 0 Å². The maximum Gasteiger partial charge on any atom is 0.250 e. The highest BCUT2D eigenvalue weighted by Gasteiger charge is 2.20. The Morgan fingerprint density at radius 1 is 1.55 bits per heavy atom. The number of carbonyl (C=O) groups excluding carboxylic acids is 1. The second-order valence-electron chi connectivity index (χ2n) is 5.27. The van der Waals surface area contributed by atoms with Gasteiger partial charge < -0.3 is 16.0 Å². The van der Waals surface area contributed by atoms with Crippen molar-refractivity contribution in [1.29, 1.82) is 0 Å². The lowest BCUT2D eigenvalue weighted by Gasteiger charge is -2.29. The van der Waals surface area contributed by atoms with E-state index in [1.165, 1.54) is 12.8 Å². The van der Waals surface area contributed by atoms with Crippen LogP contribution in [0.15, 0.2) is 22.7 Å². The van der Waals surface area contributed by atoms with Crippen molar-refractivity contribution in [2.45, 2.75) is 32.2 Å². The van der Waals surface area contributed by atoms with Gasteiger partial charge >= 0.3 is 0 Å². The Kier molecular flexibility index (Phi) is 5.43. The smallest absolute Gasteiger partial charge is 0.250 e. The lowest BCUT2D eigenvalue weighted by atomic mass is 10.1. The van der Waals surface area contributed by atoms with Crippen molar-refractivity contribution >= 4 is 27.5 Å². The first-order chi connectivity index (χ1) is 9.61. The maximum absolute atomic E-state index is 11.7. The van der Waals surface area contributed by atoms with Crippen LogP contribution in [0.3, 0.4) is 0 Å². The van der Waals surface area contributed by atoms with E-state index in [2.05, 4.69) is 33.1 Å². The van der Waals surface area contributed by atoms with Crippen LogP contribution in [-0.2, 0) is 0 Å². The highest BCUT2D eigenvalue weighted by Crippen LogP contribution is 2.25. The van der Waals surface area contributed by atoms with E-state index < -0.39 is 0 Å². The lowest BCUT2D eigenvalue weighted by molar-refractivity contribution is 0.100. The van der Waals surface area contributed by atoms with Crippen molar-refractivity contribution in [1.82, 2.24) is 5.32 Å². The number of anilines is 1. The minimum Gasteiger partial charge on any atom is -0.369 e. The highest BCUT2D eigenvalue weighted by molar-refractivity contribution is 9.10. The van der Waals surface area contributed by atoms with Crippen molar-refractivity contribution in [2.24, 2.45) is 5.73 Å². The molecule has 1 amide bonds. The quantitative estimate of drug-likeness (QED) is 0.837. The summed E-state index contributed by atoms with van der Waals surface area (Å²) in [6.07, 6.45) is 3.47. The van der Waals surface area contributed by atoms with Crippen molar-refractivity contribution in [2.75, 3.05) is 24.5 Å². The molecule has 0 bridgehead atoms. The molecule has 3 N–H and O–H groups in total. The van der Waals surface area contributed by atoms with Gasteiger partial charge in [-0.15, -0.1) is 0 Å². The number of hydrogen-bond donors (Lipinski definition) is 2. The van der Waals surface area contributed by atoms with Gasteiger partial charge in [0, 0.05) is 29.3 Å². The van der Waals surface area contributed by atoms with Crippen LogP contribution in [-0.4, -0.2) is 31.6 Å². The number of rotatable bonds is 6. The zero-order chi connectivity index (χ0) is 14.5. The number of benzene rings is 1. The Bertz CT molecular complexity index is 472. The summed E-state index contributed by atoms with van der Waals surface area (Å²) in [5, 5.41) is 3.51. The molecule has 0 spiro atoms. The minimum absolute atomic E-state index is 0.373. The molecule has 0 aromatic heterocycles. The first-order valence-electron chi connectivity index (χ1n) is 7.19. The molecular formula is C15H22BrN3O. The fourth-order valence-corrected chi connectivity index (χ4v) is 3.10. The molecule has 0 radical (unpaired) electrons. The van der Waals surface area contributed by atoms with Gasteiger partial charge in [-0.05, 0) is 44.0 Å². The van der Waals surface area contributed by atoms with Crippen LogP contribution in [0.5, 0.6) is 0 Å². The summed E-state index contributed by atoms with van der Waals surface area (Å²) in [6.45, 7) is 5.10. The van der Waals surface area contributed by atoms with Gasteiger partial charge in [-0.2, -0.15) is 0 Å². The lowest BCUT2D eigenvalue weighted by Crippen LogP contribution is -2.39. The van der Waals surface area contributed by atoms with Crippen molar-refractivity contribution in [3.05, 3.63) is 28.2 Å². The SMILES string of the molecule is CCCN(CC1CCCN1)c1ccc(Br)cc1C(N)=O. The fourth-order valence-electron chi connectivity index (χ4n) is 2.74. The van der Waals surface area contributed by atoms with Crippen LogP contribution in [0.1, 0.15) is 36.5 Å². The summed E-state index contributed by atoms with van der Waals surface area (Å²) < 4.78 is 0.880. The van der Waals surface area contributed by atoms with Crippen LogP contribution in [0, 0.1) is 0 Å². The number of nitrogens with zero attached hydrogens (tertiary/aromatic N) is 1. The van der Waals surface area contributed by atoms with E-state index in [0.717, 1.165) is 36.2 Å². The molecule has 1 heterocycles. The van der Waals surface area contributed by atoms with Crippen molar-refractivity contribution in [3.63, 3.8) is 0 Å². The summed E-state index contributed by atoms with van der Waals surface area (Å²) in [4.78, 5) is 14.0. The molecule has 1 aliphatic heterocycles. The molecule has 5 heteroatoms. The molecule has 20 heavy (non-hydrogen) atoms. The van der Waals surface area contributed by atoms with Crippen LogP contribution >= 0.6 is 15.9 Å². The van der Waals surface area contributed by atoms with E-state index in [1.54, 1.807) is 0 Å². The summed E-state index contributed by atoms with van der Waals surface area (Å²) in [7, 11) is 0. The Morgan fingerprint density at radius 3 is 2.95 bits per heavy atom. The molecule has 0 aliphatic carbocycles. The van der Waals surface area contributed by atoms with Gasteiger partial charge in [0.05, 0.1) is 5.56 Å². The van der Waals surface area contributed by atoms with E-state index in [9.17, 15) is 4.79 Å². The van der Waals surface area contributed by atoms with Crippen molar-refractivity contribution < 1.29 is 4.79 Å². The molecular weight excluding hydrogens is 318 g/mol. The molecule has 1 saturated heterocycles. The minimum atomic E-state index is -0.373. The van der Waals surface area contributed by atoms with Gasteiger partial charge in [-0.25, -0.2) is 0 Å². The standard InChI is InChI=1S/C15H22BrN3O/c1-2-8-19(10-12-4-3-7-18-12)14-6-5-11(16)9-13(14)15(17)20/h5-6,9,12,18H,2-4,7-8,10H2,1H3,(H2,17,20). The van der Waals surface area contributed by atoms with Gasteiger partial charge in [0.25, 0.3) is 5.91 Å². The van der Waals surface area contributed by atoms with Gasteiger partial charge in [0.15, 0.2) is 0 Å². The molecule has 0 saturated carbocycles. The van der Waals surface area contributed by atoms with E-state index in [4.69, 9.17) is 5.73 Å². The normalized spacial score (nSPS) is 18.2. The molecule has 1 aromatic carbocycles. The highest BCUT2D eigenvalue weighted by atomic mass is 79.9. The third kappa shape index (κ3) is 3.73. The first kappa shape index (κ1) is 15.3. The van der Waals surface area contributed by atoms with Crippen LogP contribution in [0.2, 0.25) is 0 Å². The van der Waals surface area contributed by atoms with Gasteiger partial charge in [-0.1, -0.05) is 22.9 Å². The molecule has 4 nitrogen and oxygen atoms in total. The summed E-state index contributed by atoms with van der Waals surface area (Å²) in [5.41, 5.74) is 7.05. The largest absolute Gasteiger partial charge is 0.369 e. The predicted octanol–water partition coefficient (Wildman–Crippen LogP) is 2.52. The van der Waals surface area contributed by atoms with E-state index in [-0.39, 0.29) is 5.91 Å². The topological polar surface area (TPSA) is 58.4 Å². The molecule has 1 aromatic rings. The Labute approximate surface area is 128 Å². The van der Waals surface area contributed by atoms with Gasteiger partial charge in [0.1, 0.15) is 0 Å². The second-order valence-corrected chi connectivity index (χ2v) is 6.18. The molecule has 1 fully saturated rings. The number of amides is 1. The average molecular weight is 340 g/mol. The number of nitrogens with two attached hydrogens (primary N) is 1. The number of nitrogens with one attached hydrogen (secondary N) is 1. The Balaban J connectivity index is 2.25. The molecule has 110 valence electrons. The van der Waals surface area contributed by atoms with Crippen LogP contribution in [0.4, 0.5) is 5.69 Å². The number of halogens is 1. The monoisotopic (exact) mass is 339 g/mol. The van der Waals surface area contributed by atoms with E-state index >= 15 is 0 Å². The third-order valence-electron chi connectivity index (χ3n) is 3.66. The average Bonchev–Trinajstić information content (AvgIpc) is 2.91. The molecule has 2 rings (SSSR count). The predicted molar refractivity (Wildman–Crippen MR) is 86.2 cm³/mol. The summed E-state index contributed by atoms with van der Waals surface area (Å²) in [6, 6.07) is 6.26. The van der Waals surface area contributed by atoms with Crippen LogP contribution in [0.25, 0.3) is 0 Å². The third-order valence-corrected chi connectivity index (χ3v) is 4.15. The summed E-state index contributed by atoms with van der Waals surface area (Å²) in [5.74, 6) is -0.373. The summed E-state index contributed by atoms with van der Waals surface area (Å²) >= 11 is 3.40. The first-order valence-corrected chi connectivity index (χ1v) is 7.98. The maximum atomic E-state index is 11.7. The van der Waals surface area contributed by atoms with Crippen LogP contribution < -0.4 is 16.0 Å². The molecule has 1 atom stereocenters.